The molecule has 4 nitrogen and oxygen atoms in total. The standard InChI is InChI=1S/C15H19NO3S/c1-10-15(6-7-19-10)20-9-12(16)11-4-5-13(17-2)14(8-11)18-3/h4-8,12H,9,16H2,1-3H3. The van der Waals surface area contributed by atoms with Crippen molar-refractivity contribution < 1.29 is 13.9 Å². The zero-order chi connectivity index (χ0) is 14.5. The van der Waals surface area contributed by atoms with E-state index in [0.717, 1.165) is 22.0 Å². The summed E-state index contributed by atoms with van der Waals surface area (Å²) in [4.78, 5) is 1.13. The van der Waals surface area contributed by atoms with Crippen LogP contribution in [0.2, 0.25) is 0 Å². The zero-order valence-electron chi connectivity index (χ0n) is 11.9. The first kappa shape index (κ1) is 14.8. The van der Waals surface area contributed by atoms with Gasteiger partial charge in [-0.25, -0.2) is 0 Å². The molecule has 2 aromatic rings. The van der Waals surface area contributed by atoms with Gasteiger partial charge in [-0.05, 0) is 30.7 Å². The third-order valence-corrected chi connectivity index (χ3v) is 4.33. The molecule has 0 amide bonds. The van der Waals surface area contributed by atoms with Crippen LogP contribution in [0.5, 0.6) is 11.5 Å². The van der Waals surface area contributed by atoms with Crippen molar-refractivity contribution in [2.75, 3.05) is 20.0 Å². The minimum Gasteiger partial charge on any atom is -0.493 e. The smallest absolute Gasteiger partial charge is 0.161 e. The normalized spacial score (nSPS) is 12.2. The lowest BCUT2D eigenvalue weighted by atomic mass is 10.1. The van der Waals surface area contributed by atoms with Crippen LogP contribution in [0, 0.1) is 6.92 Å². The van der Waals surface area contributed by atoms with E-state index in [0.29, 0.717) is 11.5 Å². The Balaban J connectivity index is 2.05. The van der Waals surface area contributed by atoms with Crippen LogP contribution in [0.1, 0.15) is 17.4 Å². The molecule has 108 valence electrons. The van der Waals surface area contributed by atoms with Gasteiger partial charge in [0.1, 0.15) is 5.76 Å². The molecule has 0 fully saturated rings. The highest BCUT2D eigenvalue weighted by Crippen LogP contribution is 2.32. The second kappa shape index (κ2) is 6.72. The van der Waals surface area contributed by atoms with E-state index in [1.54, 1.807) is 32.2 Å². The molecule has 2 rings (SSSR count). The van der Waals surface area contributed by atoms with E-state index in [9.17, 15) is 0 Å². The molecule has 2 N–H and O–H groups in total. The molecule has 1 heterocycles. The molecule has 1 unspecified atom stereocenters. The molecular formula is C15H19NO3S. The summed E-state index contributed by atoms with van der Waals surface area (Å²) in [5.41, 5.74) is 7.25. The van der Waals surface area contributed by atoms with Crippen molar-refractivity contribution in [3.63, 3.8) is 0 Å². The first-order chi connectivity index (χ1) is 9.65. The van der Waals surface area contributed by atoms with E-state index < -0.39 is 0 Å². The fourth-order valence-corrected chi connectivity index (χ4v) is 2.84. The van der Waals surface area contributed by atoms with Gasteiger partial charge in [0.25, 0.3) is 0 Å². The lowest BCUT2D eigenvalue weighted by Gasteiger charge is -2.14. The summed E-state index contributed by atoms with van der Waals surface area (Å²) < 4.78 is 15.8. The number of nitrogens with two attached hydrogens (primary N) is 1. The van der Waals surface area contributed by atoms with E-state index in [4.69, 9.17) is 19.6 Å². The topological polar surface area (TPSA) is 57.6 Å². The first-order valence-corrected chi connectivity index (χ1v) is 7.28. The fraction of sp³-hybridized carbons (Fsp3) is 0.333. The molecule has 0 saturated heterocycles. The van der Waals surface area contributed by atoms with Gasteiger partial charge in [0.2, 0.25) is 0 Å². The van der Waals surface area contributed by atoms with Gasteiger partial charge in [0.15, 0.2) is 11.5 Å². The summed E-state index contributed by atoms with van der Waals surface area (Å²) in [7, 11) is 3.24. The minimum absolute atomic E-state index is 0.0749. The summed E-state index contributed by atoms with van der Waals surface area (Å²) in [6, 6.07) is 7.65. The van der Waals surface area contributed by atoms with Crippen molar-refractivity contribution in [1.29, 1.82) is 0 Å². The number of methoxy groups -OCH3 is 2. The van der Waals surface area contributed by atoms with Gasteiger partial charge in [-0.3, -0.25) is 0 Å². The molecule has 5 heteroatoms. The lowest BCUT2D eigenvalue weighted by Crippen LogP contribution is -2.13. The maximum atomic E-state index is 6.23. The first-order valence-electron chi connectivity index (χ1n) is 6.30. The second-order valence-electron chi connectivity index (χ2n) is 4.37. The number of ether oxygens (including phenoxy) is 2. The minimum atomic E-state index is -0.0749. The molecule has 0 bridgehead atoms. The monoisotopic (exact) mass is 293 g/mol. The van der Waals surface area contributed by atoms with Crippen molar-refractivity contribution in [3.05, 3.63) is 41.9 Å². The Kier molecular flexibility index (Phi) is 4.98. The predicted octanol–water partition coefficient (Wildman–Crippen LogP) is 3.40. The molecule has 0 aliphatic carbocycles. The van der Waals surface area contributed by atoms with Crippen molar-refractivity contribution in [2.45, 2.75) is 17.9 Å². The maximum absolute atomic E-state index is 6.23. The van der Waals surface area contributed by atoms with Crippen LogP contribution in [0.4, 0.5) is 0 Å². The Morgan fingerprint density at radius 2 is 1.95 bits per heavy atom. The zero-order valence-corrected chi connectivity index (χ0v) is 12.7. The fourth-order valence-electron chi connectivity index (χ4n) is 1.88. The Morgan fingerprint density at radius 1 is 1.20 bits per heavy atom. The number of hydrogen-bond donors (Lipinski definition) is 1. The van der Waals surface area contributed by atoms with Crippen LogP contribution in [-0.2, 0) is 0 Å². The Labute approximate surface area is 123 Å². The van der Waals surface area contributed by atoms with Gasteiger partial charge in [-0.2, -0.15) is 0 Å². The van der Waals surface area contributed by atoms with Crippen LogP contribution >= 0.6 is 11.8 Å². The summed E-state index contributed by atoms with van der Waals surface area (Å²) in [6.45, 7) is 1.95. The van der Waals surface area contributed by atoms with Crippen LogP contribution in [0.25, 0.3) is 0 Å². The van der Waals surface area contributed by atoms with Gasteiger partial charge in [0, 0.05) is 16.7 Å². The van der Waals surface area contributed by atoms with Crippen LogP contribution in [-0.4, -0.2) is 20.0 Å². The highest BCUT2D eigenvalue weighted by molar-refractivity contribution is 7.99. The third kappa shape index (κ3) is 3.29. The number of aryl methyl sites for hydroxylation is 1. The number of benzene rings is 1. The predicted molar refractivity (Wildman–Crippen MR) is 80.6 cm³/mol. The summed E-state index contributed by atoms with van der Waals surface area (Å²) >= 11 is 1.69. The molecule has 1 aromatic heterocycles. The van der Waals surface area contributed by atoms with E-state index in [1.165, 1.54) is 0 Å². The summed E-state index contributed by atoms with van der Waals surface area (Å²) in [5, 5.41) is 0. The quantitative estimate of drug-likeness (QED) is 0.827. The third-order valence-electron chi connectivity index (χ3n) is 3.07. The Morgan fingerprint density at radius 3 is 2.55 bits per heavy atom. The molecule has 20 heavy (non-hydrogen) atoms. The second-order valence-corrected chi connectivity index (χ2v) is 5.43. The Bertz CT molecular complexity index is 568. The van der Waals surface area contributed by atoms with Crippen LogP contribution < -0.4 is 15.2 Å². The Hall–Kier alpha value is -1.59. The average molecular weight is 293 g/mol. The molecule has 1 atom stereocenters. The molecule has 0 saturated carbocycles. The summed E-state index contributed by atoms with van der Waals surface area (Å²) in [5.74, 6) is 3.11. The molecule has 1 aromatic carbocycles. The number of furan rings is 1. The van der Waals surface area contributed by atoms with Crippen LogP contribution in [0.15, 0.2) is 39.8 Å². The molecular weight excluding hydrogens is 274 g/mol. The van der Waals surface area contributed by atoms with Gasteiger partial charge in [-0.1, -0.05) is 6.07 Å². The van der Waals surface area contributed by atoms with Crippen molar-refractivity contribution in [1.82, 2.24) is 0 Å². The van der Waals surface area contributed by atoms with Crippen molar-refractivity contribution >= 4 is 11.8 Å². The van der Waals surface area contributed by atoms with Crippen LogP contribution in [0.3, 0.4) is 0 Å². The van der Waals surface area contributed by atoms with Gasteiger partial charge < -0.3 is 19.6 Å². The molecule has 0 spiro atoms. The van der Waals surface area contributed by atoms with Crippen molar-refractivity contribution in [2.24, 2.45) is 5.73 Å². The number of thioether (sulfide) groups is 1. The maximum Gasteiger partial charge on any atom is 0.161 e. The summed E-state index contributed by atoms with van der Waals surface area (Å²) in [6.07, 6.45) is 1.69. The van der Waals surface area contributed by atoms with Gasteiger partial charge in [0.05, 0.1) is 20.5 Å². The highest BCUT2D eigenvalue weighted by atomic mass is 32.2. The van der Waals surface area contributed by atoms with E-state index >= 15 is 0 Å². The number of rotatable bonds is 6. The van der Waals surface area contributed by atoms with E-state index in [2.05, 4.69) is 0 Å². The molecule has 0 radical (unpaired) electrons. The largest absolute Gasteiger partial charge is 0.493 e. The van der Waals surface area contributed by atoms with Gasteiger partial charge >= 0.3 is 0 Å². The van der Waals surface area contributed by atoms with Gasteiger partial charge in [-0.15, -0.1) is 11.8 Å². The van der Waals surface area contributed by atoms with Crippen molar-refractivity contribution in [3.8, 4) is 11.5 Å². The van der Waals surface area contributed by atoms with E-state index in [-0.39, 0.29) is 6.04 Å². The number of hydrogen-bond acceptors (Lipinski definition) is 5. The SMILES string of the molecule is COc1ccc(C(N)CSc2ccoc2C)cc1OC. The average Bonchev–Trinajstić information content (AvgIpc) is 2.89. The van der Waals surface area contributed by atoms with E-state index in [1.807, 2.05) is 31.2 Å². The molecule has 0 aliphatic heterocycles. The lowest BCUT2D eigenvalue weighted by molar-refractivity contribution is 0.354. The molecule has 0 aliphatic rings. The highest BCUT2D eigenvalue weighted by Gasteiger charge is 2.12.